The molecule has 0 aliphatic carbocycles. The molecule has 8 nitrogen and oxygen atoms in total. The number of hydrogen-bond acceptors (Lipinski definition) is 8. The number of ether oxygens (including phenoxy) is 1. The van der Waals surface area contributed by atoms with Crippen LogP contribution >= 0.6 is 23.1 Å². The van der Waals surface area contributed by atoms with Gasteiger partial charge in [0, 0.05) is 12.3 Å². The van der Waals surface area contributed by atoms with Crippen molar-refractivity contribution in [3.05, 3.63) is 23.9 Å². The zero-order valence-electron chi connectivity index (χ0n) is 10.8. The molecule has 2 rings (SSSR count). The summed E-state index contributed by atoms with van der Waals surface area (Å²) in [6.45, 7) is 0. The van der Waals surface area contributed by atoms with Gasteiger partial charge in [0.1, 0.15) is 0 Å². The molecule has 2 heterocycles. The van der Waals surface area contributed by atoms with E-state index in [2.05, 4.69) is 20.5 Å². The van der Waals surface area contributed by atoms with E-state index in [-0.39, 0.29) is 11.7 Å². The number of carbonyl (C=O) groups is 2. The van der Waals surface area contributed by atoms with E-state index in [1.54, 1.807) is 12.1 Å². The van der Waals surface area contributed by atoms with Gasteiger partial charge in [-0.2, -0.15) is 0 Å². The van der Waals surface area contributed by atoms with Gasteiger partial charge in [-0.05, 0) is 6.07 Å². The first kappa shape index (κ1) is 15.2. The van der Waals surface area contributed by atoms with Crippen LogP contribution in [-0.4, -0.2) is 45.0 Å². The minimum absolute atomic E-state index is 0.106. The molecule has 2 aromatic rings. The van der Waals surface area contributed by atoms with Gasteiger partial charge in [0.2, 0.25) is 11.0 Å². The van der Waals surface area contributed by atoms with Crippen molar-refractivity contribution in [1.29, 1.82) is 0 Å². The Labute approximate surface area is 127 Å². The van der Waals surface area contributed by atoms with Crippen LogP contribution in [0.3, 0.4) is 0 Å². The third-order valence-electron chi connectivity index (χ3n) is 2.15. The molecule has 0 bridgehead atoms. The van der Waals surface area contributed by atoms with Gasteiger partial charge >= 0.3 is 5.97 Å². The van der Waals surface area contributed by atoms with E-state index >= 15 is 0 Å². The summed E-state index contributed by atoms with van der Waals surface area (Å²) in [5, 5.41) is 19.0. The maximum absolute atomic E-state index is 11.9. The fraction of sp³-hybridized carbons (Fsp3) is 0.182. The van der Waals surface area contributed by atoms with Crippen LogP contribution in [0, 0.1) is 0 Å². The van der Waals surface area contributed by atoms with Crippen molar-refractivity contribution < 1.29 is 19.4 Å². The second kappa shape index (κ2) is 6.99. The van der Waals surface area contributed by atoms with Crippen LogP contribution in [-0.2, 0) is 4.79 Å². The number of rotatable bonds is 6. The van der Waals surface area contributed by atoms with Crippen molar-refractivity contribution in [3.8, 4) is 5.88 Å². The molecule has 1 amide bonds. The number of carboxylic acids is 1. The fourth-order valence-electron chi connectivity index (χ4n) is 1.25. The maximum Gasteiger partial charge on any atom is 0.313 e. The van der Waals surface area contributed by atoms with Crippen molar-refractivity contribution in [2.75, 3.05) is 18.2 Å². The summed E-state index contributed by atoms with van der Waals surface area (Å²) in [6.07, 6.45) is 1.38. The van der Waals surface area contributed by atoms with Crippen LogP contribution < -0.4 is 10.1 Å². The molecule has 2 N–H and O–H groups in total. The molecule has 0 atom stereocenters. The van der Waals surface area contributed by atoms with E-state index in [0.717, 1.165) is 23.1 Å². The number of nitrogens with zero attached hydrogens (tertiary/aromatic N) is 3. The van der Waals surface area contributed by atoms with Crippen molar-refractivity contribution in [2.45, 2.75) is 4.34 Å². The van der Waals surface area contributed by atoms with E-state index in [0.29, 0.717) is 20.9 Å². The lowest BCUT2D eigenvalue weighted by molar-refractivity contribution is -0.133. The second-order valence-electron chi connectivity index (χ2n) is 3.60. The molecule has 2 aromatic heterocycles. The van der Waals surface area contributed by atoms with Gasteiger partial charge in [0.05, 0.1) is 18.4 Å². The van der Waals surface area contributed by atoms with Gasteiger partial charge < -0.3 is 9.84 Å². The Hall–Kier alpha value is -2.20. The van der Waals surface area contributed by atoms with E-state index in [1.807, 2.05) is 0 Å². The number of anilines is 1. The average Bonchev–Trinajstić information content (AvgIpc) is 2.92. The number of aliphatic carboxylic acids is 1. The highest BCUT2D eigenvalue weighted by atomic mass is 32.2. The SMILES string of the molecule is COc1ccc(C(=O)Nc2nnc(SCC(=O)O)s2)cn1. The molecular formula is C11H10N4O4S2. The van der Waals surface area contributed by atoms with E-state index in [9.17, 15) is 9.59 Å². The standard InChI is InChI=1S/C11H10N4O4S2/c1-19-7-3-2-6(4-12-7)9(18)13-10-14-15-11(21-10)20-5-8(16)17/h2-4H,5H2,1H3,(H,16,17)(H,13,14,18). The average molecular weight is 326 g/mol. The molecule has 0 radical (unpaired) electrons. The van der Waals surface area contributed by atoms with Crippen LogP contribution in [0.25, 0.3) is 0 Å². The van der Waals surface area contributed by atoms with Crippen molar-refractivity contribution in [2.24, 2.45) is 0 Å². The second-order valence-corrected chi connectivity index (χ2v) is 5.80. The summed E-state index contributed by atoms with van der Waals surface area (Å²) in [5.41, 5.74) is 0.353. The zero-order valence-corrected chi connectivity index (χ0v) is 12.4. The van der Waals surface area contributed by atoms with Gasteiger partial charge in [-0.3, -0.25) is 14.9 Å². The highest BCUT2D eigenvalue weighted by Crippen LogP contribution is 2.25. The summed E-state index contributed by atoms with van der Waals surface area (Å²) in [7, 11) is 1.49. The summed E-state index contributed by atoms with van der Waals surface area (Å²) in [4.78, 5) is 26.3. The summed E-state index contributed by atoms with van der Waals surface area (Å²) in [6, 6.07) is 3.14. The predicted molar refractivity (Wildman–Crippen MR) is 77.0 cm³/mol. The molecule has 0 spiro atoms. The first-order chi connectivity index (χ1) is 10.1. The van der Waals surface area contributed by atoms with Gasteiger partial charge in [-0.15, -0.1) is 10.2 Å². The monoisotopic (exact) mass is 326 g/mol. The lowest BCUT2D eigenvalue weighted by Gasteiger charge is -2.01. The maximum atomic E-state index is 11.9. The number of carbonyl (C=O) groups excluding carboxylic acids is 1. The normalized spacial score (nSPS) is 10.1. The topological polar surface area (TPSA) is 114 Å². The van der Waals surface area contributed by atoms with E-state index in [4.69, 9.17) is 9.84 Å². The van der Waals surface area contributed by atoms with Crippen molar-refractivity contribution in [1.82, 2.24) is 15.2 Å². The number of nitrogens with one attached hydrogen (secondary N) is 1. The third-order valence-corrected chi connectivity index (χ3v) is 4.11. The lowest BCUT2D eigenvalue weighted by atomic mass is 10.3. The molecule has 110 valence electrons. The Kier molecular flexibility index (Phi) is 5.06. The number of pyridine rings is 1. The molecule has 0 aliphatic rings. The van der Waals surface area contributed by atoms with Gasteiger partial charge in [0.15, 0.2) is 4.34 Å². The van der Waals surface area contributed by atoms with Gasteiger partial charge in [-0.1, -0.05) is 23.1 Å². The predicted octanol–water partition coefficient (Wildman–Crippen LogP) is 1.37. The summed E-state index contributed by atoms with van der Waals surface area (Å²) in [5.74, 6) is -1.01. The molecule has 0 saturated heterocycles. The van der Waals surface area contributed by atoms with Crippen LogP contribution in [0.1, 0.15) is 10.4 Å². The largest absolute Gasteiger partial charge is 0.481 e. The molecule has 10 heteroatoms. The number of amides is 1. The van der Waals surface area contributed by atoms with E-state index in [1.165, 1.54) is 13.3 Å². The van der Waals surface area contributed by atoms with Crippen LogP contribution in [0.4, 0.5) is 5.13 Å². The number of carboxylic acid groups (broad SMARTS) is 1. The first-order valence-corrected chi connectivity index (χ1v) is 7.38. The van der Waals surface area contributed by atoms with E-state index < -0.39 is 5.97 Å². The lowest BCUT2D eigenvalue weighted by Crippen LogP contribution is -2.12. The van der Waals surface area contributed by atoms with Gasteiger partial charge in [0.25, 0.3) is 5.91 Å². The van der Waals surface area contributed by atoms with Gasteiger partial charge in [-0.25, -0.2) is 4.98 Å². The molecule has 0 aromatic carbocycles. The molecule has 0 saturated carbocycles. The molecule has 0 unspecified atom stereocenters. The summed E-state index contributed by atoms with van der Waals surface area (Å²) < 4.78 is 5.38. The zero-order chi connectivity index (χ0) is 15.2. The fourth-order valence-corrected chi connectivity index (χ4v) is 2.71. The van der Waals surface area contributed by atoms with Crippen LogP contribution in [0.2, 0.25) is 0 Å². The Bertz CT molecular complexity index is 644. The Morgan fingerprint density at radius 1 is 1.43 bits per heavy atom. The number of hydrogen-bond donors (Lipinski definition) is 2. The molecule has 0 aliphatic heterocycles. The van der Waals surface area contributed by atoms with Crippen molar-refractivity contribution >= 4 is 40.1 Å². The summed E-state index contributed by atoms with van der Waals surface area (Å²) >= 11 is 2.15. The molecular weight excluding hydrogens is 316 g/mol. The smallest absolute Gasteiger partial charge is 0.313 e. The number of aromatic nitrogens is 3. The number of thioether (sulfide) groups is 1. The highest BCUT2D eigenvalue weighted by Gasteiger charge is 2.12. The first-order valence-electron chi connectivity index (χ1n) is 5.58. The Morgan fingerprint density at radius 2 is 2.24 bits per heavy atom. The quantitative estimate of drug-likeness (QED) is 0.604. The van der Waals surface area contributed by atoms with Crippen LogP contribution in [0.15, 0.2) is 22.7 Å². The molecule has 21 heavy (non-hydrogen) atoms. The van der Waals surface area contributed by atoms with Crippen molar-refractivity contribution in [3.63, 3.8) is 0 Å². The molecule has 0 fully saturated rings. The van der Waals surface area contributed by atoms with Crippen LogP contribution in [0.5, 0.6) is 5.88 Å². The number of methoxy groups -OCH3 is 1. The highest BCUT2D eigenvalue weighted by molar-refractivity contribution is 8.01. The Balaban J connectivity index is 1.97. The minimum Gasteiger partial charge on any atom is -0.481 e. The third kappa shape index (κ3) is 4.39. The Morgan fingerprint density at radius 3 is 2.86 bits per heavy atom. The minimum atomic E-state index is -0.940.